The third kappa shape index (κ3) is 3.72. The average molecular weight is 250 g/mol. The van der Waals surface area contributed by atoms with Crippen molar-refractivity contribution in [2.45, 2.75) is 34.6 Å². The molecule has 100 valence electrons. The first-order chi connectivity index (χ1) is 8.21. The molecule has 1 atom stereocenters. The summed E-state index contributed by atoms with van der Waals surface area (Å²) in [6.07, 6.45) is 0. The van der Waals surface area contributed by atoms with E-state index in [2.05, 4.69) is 33.0 Å². The van der Waals surface area contributed by atoms with Crippen LogP contribution >= 0.6 is 0 Å². The van der Waals surface area contributed by atoms with E-state index in [1.54, 1.807) is 12.1 Å². The van der Waals surface area contributed by atoms with Gasteiger partial charge in [-0.2, -0.15) is 0 Å². The van der Waals surface area contributed by atoms with Crippen molar-refractivity contribution in [3.8, 4) is 0 Å². The summed E-state index contributed by atoms with van der Waals surface area (Å²) in [7, 11) is 0. The largest absolute Gasteiger partial charge is 0.379 e. The van der Waals surface area contributed by atoms with Gasteiger partial charge in [0.25, 0.3) is 5.69 Å². The number of hydrogen-bond acceptors (Lipinski definition) is 3. The monoisotopic (exact) mass is 250 g/mol. The molecule has 0 saturated heterocycles. The van der Waals surface area contributed by atoms with Crippen molar-refractivity contribution in [1.82, 2.24) is 0 Å². The SMILES string of the molecule is Cc1ccc([N+](=O)[O-])c(NCC(C)C(C)(C)C)c1. The maximum absolute atomic E-state index is 10.9. The molecule has 1 aromatic carbocycles. The zero-order valence-electron chi connectivity index (χ0n) is 11.8. The first kappa shape index (κ1) is 14.5. The molecule has 0 bridgehead atoms. The molecule has 1 unspecified atom stereocenters. The molecule has 0 aliphatic rings. The molecular weight excluding hydrogens is 228 g/mol. The molecule has 0 amide bonds. The third-order valence-electron chi connectivity index (χ3n) is 3.43. The van der Waals surface area contributed by atoms with Crippen LogP contribution in [0, 0.1) is 28.4 Å². The first-order valence-corrected chi connectivity index (χ1v) is 6.20. The van der Waals surface area contributed by atoms with Gasteiger partial charge in [0.05, 0.1) is 4.92 Å². The normalized spacial score (nSPS) is 13.2. The second kappa shape index (κ2) is 5.38. The molecule has 0 radical (unpaired) electrons. The molecule has 1 rings (SSSR count). The van der Waals surface area contributed by atoms with Crippen molar-refractivity contribution in [3.05, 3.63) is 33.9 Å². The van der Waals surface area contributed by atoms with Crippen LogP contribution in [0.15, 0.2) is 18.2 Å². The minimum atomic E-state index is -0.344. The van der Waals surface area contributed by atoms with E-state index in [4.69, 9.17) is 0 Å². The standard InChI is InChI=1S/C14H22N2O2/c1-10-6-7-13(16(17)18)12(8-10)15-9-11(2)14(3,4)5/h6-8,11,15H,9H2,1-5H3. The number of nitro benzene ring substituents is 1. The molecule has 18 heavy (non-hydrogen) atoms. The van der Waals surface area contributed by atoms with Crippen molar-refractivity contribution in [2.24, 2.45) is 11.3 Å². The smallest absolute Gasteiger partial charge is 0.292 e. The topological polar surface area (TPSA) is 55.2 Å². The Morgan fingerprint density at radius 1 is 1.39 bits per heavy atom. The molecule has 0 aliphatic carbocycles. The van der Waals surface area contributed by atoms with Gasteiger partial charge in [-0.15, -0.1) is 0 Å². The van der Waals surface area contributed by atoms with E-state index in [1.807, 2.05) is 13.0 Å². The minimum Gasteiger partial charge on any atom is -0.379 e. The molecule has 4 nitrogen and oxygen atoms in total. The molecule has 0 saturated carbocycles. The van der Waals surface area contributed by atoms with Gasteiger partial charge < -0.3 is 5.32 Å². The Morgan fingerprint density at radius 3 is 2.50 bits per heavy atom. The van der Waals surface area contributed by atoms with Crippen molar-refractivity contribution < 1.29 is 4.92 Å². The molecule has 0 spiro atoms. The van der Waals surface area contributed by atoms with Crippen LogP contribution in [0.4, 0.5) is 11.4 Å². The highest BCUT2D eigenvalue weighted by Crippen LogP contribution is 2.29. The van der Waals surface area contributed by atoms with Crippen molar-refractivity contribution >= 4 is 11.4 Å². The Bertz CT molecular complexity index is 436. The van der Waals surface area contributed by atoms with Crippen LogP contribution in [-0.4, -0.2) is 11.5 Å². The predicted molar refractivity (Wildman–Crippen MR) is 74.9 cm³/mol. The highest BCUT2D eigenvalue weighted by molar-refractivity contribution is 5.62. The number of anilines is 1. The summed E-state index contributed by atoms with van der Waals surface area (Å²) in [4.78, 5) is 10.6. The summed E-state index contributed by atoms with van der Waals surface area (Å²) in [5, 5.41) is 14.1. The lowest BCUT2D eigenvalue weighted by Crippen LogP contribution is -2.25. The third-order valence-corrected chi connectivity index (χ3v) is 3.43. The molecular formula is C14H22N2O2. The van der Waals surface area contributed by atoms with E-state index >= 15 is 0 Å². The Hall–Kier alpha value is -1.58. The van der Waals surface area contributed by atoms with Gasteiger partial charge in [-0.3, -0.25) is 10.1 Å². The number of nitro groups is 1. The fraction of sp³-hybridized carbons (Fsp3) is 0.571. The maximum atomic E-state index is 10.9. The number of nitrogens with one attached hydrogen (secondary N) is 1. The van der Waals surface area contributed by atoms with E-state index in [0.717, 1.165) is 12.1 Å². The Kier molecular flexibility index (Phi) is 4.33. The molecule has 1 aromatic rings. The summed E-state index contributed by atoms with van der Waals surface area (Å²) >= 11 is 0. The lowest BCUT2D eigenvalue weighted by atomic mass is 9.82. The van der Waals surface area contributed by atoms with Gasteiger partial charge >= 0.3 is 0 Å². The van der Waals surface area contributed by atoms with Crippen LogP contribution in [0.2, 0.25) is 0 Å². The van der Waals surface area contributed by atoms with Crippen molar-refractivity contribution in [3.63, 3.8) is 0 Å². The molecule has 0 fully saturated rings. The number of hydrogen-bond donors (Lipinski definition) is 1. The van der Waals surface area contributed by atoms with E-state index in [1.165, 1.54) is 0 Å². The average Bonchev–Trinajstić information content (AvgIpc) is 2.24. The molecule has 0 aliphatic heterocycles. The van der Waals surface area contributed by atoms with Crippen LogP contribution in [0.25, 0.3) is 0 Å². The second-order valence-corrected chi connectivity index (χ2v) is 5.93. The lowest BCUT2D eigenvalue weighted by molar-refractivity contribution is -0.384. The molecule has 1 N–H and O–H groups in total. The van der Waals surface area contributed by atoms with Gasteiger partial charge in [-0.05, 0) is 29.9 Å². The highest BCUT2D eigenvalue weighted by Gasteiger charge is 2.21. The van der Waals surface area contributed by atoms with Gasteiger partial charge in [0, 0.05) is 12.6 Å². The lowest BCUT2D eigenvalue weighted by Gasteiger charge is -2.27. The summed E-state index contributed by atoms with van der Waals surface area (Å²) in [5.74, 6) is 0.428. The maximum Gasteiger partial charge on any atom is 0.292 e. The fourth-order valence-corrected chi connectivity index (χ4v) is 1.52. The van der Waals surface area contributed by atoms with Crippen LogP contribution < -0.4 is 5.32 Å². The number of nitrogens with zero attached hydrogens (tertiary/aromatic N) is 1. The van der Waals surface area contributed by atoms with Crippen molar-refractivity contribution in [2.75, 3.05) is 11.9 Å². The van der Waals surface area contributed by atoms with Gasteiger partial charge in [0.1, 0.15) is 5.69 Å². The van der Waals surface area contributed by atoms with Gasteiger partial charge in [-0.25, -0.2) is 0 Å². The summed E-state index contributed by atoms with van der Waals surface area (Å²) < 4.78 is 0. The summed E-state index contributed by atoms with van der Waals surface area (Å²) in [5.41, 5.74) is 1.95. The van der Waals surface area contributed by atoms with Gasteiger partial charge in [-0.1, -0.05) is 33.8 Å². The molecule has 0 heterocycles. The van der Waals surface area contributed by atoms with Crippen LogP contribution in [0.1, 0.15) is 33.3 Å². The van der Waals surface area contributed by atoms with Crippen molar-refractivity contribution in [1.29, 1.82) is 0 Å². The zero-order valence-corrected chi connectivity index (χ0v) is 11.8. The Balaban J connectivity index is 2.84. The highest BCUT2D eigenvalue weighted by atomic mass is 16.6. The zero-order chi connectivity index (χ0) is 13.9. The minimum absolute atomic E-state index is 0.140. The fourth-order valence-electron chi connectivity index (χ4n) is 1.52. The Labute approximate surface area is 109 Å². The summed E-state index contributed by atoms with van der Waals surface area (Å²) in [6.45, 7) is 11.3. The van der Waals surface area contributed by atoms with Crippen LogP contribution in [0.5, 0.6) is 0 Å². The molecule has 0 aromatic heterocycles. The van der Waals surface area contributed by atoms with E-state index in [-0.39, 0.29) is 16.0 Å². The molecule has 4 heteroatoms. The summed E-state index contributed by atoms with van der Waals surface area (Å²) in [6, 6.07) is 5.14. The van der Waals surface area contributed by atoms with E-state index in [9.17, 15) is 10.1 Å². The Morgan fingerprint density at radius 2 is 2.00 bits per heavy atom. The number of benzene rings is 1. The predicted octanol–water partition coefficient (Wildman–Crippen LogP) is 4.00. The second-order valence-electron chi connectivity index (χ2n) is 5.93. The van der Waals surface area contributed by atoms with Gasteiger partial charge in [0.2, 0.25) is 0 Å². The van der Waals surface area contributed by atoms with E-state index < -0.39 is 0 Å². The van der Waals surface area contributed by atoms with Crippen LogP contribution in [-0.2, 0) is 0 Å². The number of rotatable bonds is 4. The first-order valence-electron chi connectivity index (χ1n) is 6.20. The van der Waals surface area contributed by atoms with Crippen LogP contribution in [0.3, 0.4) is 0 Å². The van der Waals surface area contributed by atoms with E-state index in [0.29, 0.717) is 11.6 Å². The number of aryl methyl sites for hydroxylation is 1. The quantitative estimate of drug-likeness (QED) is 0.649. The van der Waals surface area contributed by atoms with Gasteiger partial charge in [0.15, 0.2) is 0 Å².